The van der Waals surface area contributed by atoms with Crippen LogP contribution < -0.4 is 5.01 Å². The zero-order chi connectivity index (χ0) is 21.3. The third-order valence-corrected chi connectivity index (χ3v) is 5.99. The molecule has 154 valence electrons. The van der Waals surface area contributed by atoms with Crippen molar-refractivity contribution in [2.24, 2.45) is 5.10 Å². The number of benzene rings is 2. The number of carboxylic acid groups (broad SMARTS) is 1. The molecule has 0 bridgehead atoms. The Morgan fingerprint density at radius 3 is 2.70 bits per heavy atom. The second-order valence-electron chi connectivity index (χ2n) is 7.14. The summed E-state index contributed by atoms with van der Waals surface area (Å²) in [5, 5.41) is 15.4. The Morgan fingerprint density at radius 2 is 2.03 bits per heavy atom. The average molecular weight is 427 g/mol. The number of thiazole rings is 1. The average Bonchev–Trinajstić information content (AvgIpc) is 3.05. The summed E-state index contributed by atoms with van der Waals surface area (Å²) in [6.07, 6.45) is 4.17. The van der Waals surface area contributed by atoms with E-state index in [1.54, 1.807) is 5.01 Å². The molecule has 3 aromatic rings. The number of hydrazone groups is 1. The second-order valence-corrected chi connectivity index (χ2v) is 8.07. The van der Waals surface area contributed by atoms with Crippen LogP contribution in [0.25, 0.3) is 11.3 Å². The molecule has 0 atom stereocenters. The van der Waals surface area contributed by atoms with Crippen molar-refractivity contribution >= 4 is 28.7 Å². The highest BCUT2D eigenvalue weighted by molar-refractivity contribution is 7.14. The molecule has 5 nitrogen and oxygen atoms in total. The molecule has 1 N–H and O–H groups in total. The van der Waals surface area contributed by atoms with Gasteiger partial charge < -0.3 is 5.11 Å². The lowest BCUT2D eigenvalue weighted by Crippen LogP contribution is -2.36. The van der Waals surface area contributed by atoms with Crippen LogP contribution in [0.2, 0.25) is 0 Å². The topological polar surface area (TPSA) is 65.8 Å². The summed E-state index contributed by atoms with van der Waals surface area (Å²) in [5.74, 6) is -1.88. The van der Waals surface area contributed by atoms with E-state index in [0.717, 1.165) is 47.8 Å². The number of carbonyl (C=O) groups is 1. The minimum Gasteiger partial charge on any atom is -0.478 e. The van der Waals surface area contributed by atoms with Crippen molar-refractivity contribution in [1.29, 1.82) is 0 Å². The molecule has 1 heterocycles. The maximum absolute atomic E-state index is 14.8. The molecule has 0 radical (unpaired) electrons. The van der Waals surface area contributed by atoms with Gasteiger partial charge in [-0.15, -0.1) is 0 Å². The Labute approximate surface area is 176 Å². The van der Waals surface area contributed by atoms with Crippen molar-refractivity contribution in [3.05, 3.63) is 70.1 Å². The van der Waals surface area contributed by atoms with Gasteiger partial charge in [0, 0.05) is 11.1 Å². The van der Waals surface area contributed by atoms with Crippen LogP contribution in [0.1, 0.15) is 40.7 Å². The van der Waals surface area contributed by atoms with Gasteiger partial charge in [-0.2, -0.15) is 9.49 Å². The predicted octanol–water partition coefficient (Wildman–Crippen LogP) is 5.49. The van der Waals surface area contributed by atoms with Crippen molar-refractivity contribution in [2.45, 2.75) is 32.2 Å². The fourth-order valence-corrected chi connectivity index (χ4v) is 4.11. The molecule has 1 aliphatic carbocycles. The smallest absolute Gasteiger partial charge is 0.336 e. The summed E-state index contributed by atoms with van der Waals surface area (Å²) in [5.41, 5.74) is 2.01. The van der Waals surface area contributed by atoms with Crippen LogP contribution in [-0.4, -0.2) is 28.3 Å². The number of halogens is 2. The Hall–Kier alpha value is -3.13. The van der Waals surface area contributed by atoms with E-state index in [-0.39, 0.29) is 22.9 Å². The summed E-state index contributed by atoms with van der Waals surface area (Å²) in [6.45, 7) is 1.90. The van der Waals surface area contributed by atoms with E-state index in [1.165, 1.54) is 18.3 Å². The second kappa shape index (κ2) is 8.31. The van der Waals surface area contributed by atoms with E-state index in [0.29, 0.717) is 5.13 Å². The monoisotopic (exact) mass is 427 g/mol. The SMILES string of the molecule is Cc1ccccc1-c1nc(N(/N=C/c2ccc(F)cc2C(=O)O)C2CCC2)sc1F. The molecule has 0 spiro atoms. The molecule has 0 saturated heterocycles. The van der Waals surface area contributed by atoms with Crippen LogP contribution in [-0.2, 0) is 0 Å². The van der Waals surface area contributed by atoms with Gasteiger partial charge in [-0.25, -0.2) is 19.2 Å². The standard InChI is InChI=1S/C22H19F2N3O2S/c1-13-5-2-3-8-17(13)19-20(24)30-22(26-19)27(16-6-4-7-16)25-12-14-9-10-15(23)11-18(14)21(28)29/h2-3,5,8-12,16H,4,6-7H2,1H3,(H,28,29)/b25-12+. The molecule has 2 aromatic carbocycles. The first-order chi connectivity index (χ1) is 14.4. The molecule has 1 saturated carbocycles. The number of carboxylic acids is 1. The van der Waals surface area contributed by atoms with E-state index in [9.17, 15) is 18.7 Å². The summed E-state index contributed by atoms with van der Waals surface area (Å²) in [6, 6.07) is 11.0. The lowest BCUT2D eigenvalue weighted by molar-refractivity contribution is 0.0696. The third-order valence-electron chi connectivity index (χ3n) is 5.16. The normalized spacial score (nSPS) is 14.1. The van der Waals surface area contributed by atoms with Crippen molar-refractivity contribution in [3.8, 4) is 11.3 Å². The first-order valence-electron chi connectivity index (χ1n) is 9.52. The number of rotatable bonds is 6. The molecular weight excluding hydrogens is 408 g/mol. The Balaban J connectivity index is 1.70. The molecule has 8 heteroatoms. The molecule has 0 aliphatic heterocycles. The van der Waals surface area contributed by atoms with Gasteiger partial charge >= 0.3 is 5.97 Å². The number of hydrogen-bond donors (Lipinski definition) is 1. The van der Waals surface area contributed by atoms with Crippen LogP contribution in [0.5, 0.6) is 0 Å². The van der Waals surface area contributed by atoms with Gasteiger partial charge in [-0.1, -0.05) is 35.6 Å². The zero-order valence-electron chi connectivity index (χ0n) is 16.2. The molecule has 1 aliphatic rings. The van der Waals surface area contributed by atoms with Crippen LogP contribution >= 0.6 is 11.3 Å². The third kappa shape index (κ3) is 3.95. The summed E-state index contributed by atoms with van der Waals surface area (Å²) in [4.78, 5) is 15.9. The molecule has 1 aromatic heterocycles. The van der Waals surface area contributed by atoms with Crippen molar-refractivity contribution in [3.63, 3.8) is 0 Å². The van der Waals surface area contributed by atoms with E-state index < -0.39 is 16.9 Å². The number of anilines is 1. The molecule has 4 rings (SSSR count). The van der Waals surface area contributed by atoms with Crippen molar-refractivity contribution < 1.29 is 18.7 Å². The fourth-order valence-electron chi connectivity index (χ4n) is 3.28. The maximum Gasteiger partial charge on any atom is 0.336 e. The lowest BCUT2D eigenvalue weighted by atomic mass is 9.93. The largest absolute Gasteiger partial charge is 0.478 e. The summed E-state index contributed by atoms with van der Waals surface area (Å²) in [7, 11) is 0. The highest BCUT2D eigenvalue weighted by atomic mass is 32.1. The highest BCUT2D eigenvalue weighted by Crippen LogP contribution is 2.37. The van der Waals surface area contributed by atoms with Gasteiger partial charge in [-0.05, 0) is 49.9 Å². The Bertz CT molecular complexity index is 1130. The Morgan fingerprint density at radius 1 is 1.27 bits per heavy atom. The van der Waals surface area contributed by atoms with Crippen LogP contribution in [0.4, 0.5) is 13.9 Å². The van der Waals surface area contributed by atoms with Crippen molar-refractivity contribution in [2.75, 3.05) is 5.01 Å². The number of aryl methyl sites for hydroxylation is 1. The first-order valence-corrected chi connectivity index (χ1v) is 10.3. The number of hydrogen-bond acceptors (Lipinski definition) is 5. The van der Waals surface area contributed by atoms with Gasteiger partial charge in [0.25, 0.3) is 0 Å². The van der Waals surface area contributed by atoms with Gasteiger partial charge in [0.2, 0.25) is 10.3 Å². The molecule has 0 unspecified atom stereocenters. The number of nitrogens with zero attached hydrogens (tertiary/aromatic N) is 3. The maximum atomic E-state index is 14.8. The van der Waals surface area contributed by atoms with E-state index in [4.69, 9.17) is 0 Å². The van der Waals surface area contributed by atoms with Crippen LogP contribution in [0.15, 0.2) is 47.6 Å². The predicted molar refractivity (Wildman–Crippen MR) is 113 cm³/mol. The number of aromatic nitrogens is 1. The quantitative estimate of drug-likeness (QED) is 0.417. The minimum absolute atomic E-state index is 0.0604. The molecular formula is C22H19F2N3O2S. The van der Waals surface area contributed by atoms with Crippen molar-refractivity contribution in [1.82, 2.24) is 4.98 Å². The summed E-state index contributed by atoms with van der Waals surface area (Å²) < 4.78 is 28.2. The summed E-state index contributed by atoms with van der Waals surface area (Å²) >= 11 is 0.910. The molecule has 30 heavy (non-hydrogen) atoms. The first kappa shape index (κ1) is 20.2. The Kier molecular flexibility index (Phi) is 5.59. The molecule has 1 fully saturated rings. The van der Waals surface area contributed by atoms with Gasteiger partial charge in [0.05, 0.1) is 17.8 Å². The van der Waals surface area contributed by atoms with Crippen LogP contribution in [0, 0.1) is 17.9 Å². The van der Waals surface area contributed by atoms with Gasteiger partial charge in [0.15, 0.2) is 0 Å². The van der Waals surface area contributed by atoms with E-state index in [2.05, 4.69) is 10.1 Å². The minimum atomic E-state index is -1.24. The van der Waals surface area contributed by atoms with E-state index in [1.807, 2.05) is 31.2 Å². The number of aromatic carboxylic acids is 1. The highest BCUT2D eigenvalue weighted by Gasteiger charge is 2.29. The van der Waals surface area contributed by atoms with Gasteiger partial charge in [0.1, 0.15) is 11.5 Å². The van der Waals surface area contributed by atoms with Gasteiger partial charge in [-0.3, -0.25) is 0 Å². The lowest BCUT2D eigenvalue weighted by Gasteiger charge is -2.33. The zero-order valence-corrected chi connectivity index (χ0v) is 17.0. The van der Waals surface area contributed by atoms with Crippen LogP contribution in [0.3, 0.4) is 0 Å². The van der Waals surface area contributed by atoms with E-state index >= 15 is 0 Å². The fraction of sp³-hybridized carbons (Fsp3) is 0.227. The molecule has 0 amide bonds.